The summed E-state index contributed by atoms with van der Waals surface area (Å²) in [5.41, 5.74) is 0. The average Bonchev–Trinajstić information content (AvgIpc) is 2.55. The van der Waals surface area contributed by atoms with Gasteiger partial charge in [-0.05, 0) is 10.9 Å². The first-order valence-electron chi connectivity index (χ1n) is 4.91. The van der Waals surface area contributed by atoms with Crippen molar-refractivity contribution < 1.29 is 32.8 Å². The topological polar surface area (TPSA) is 80.9 Å². The van der Waals surface area contributed by atoms with Gasteiger partial charge < -0.3 is 32.8 Å². The van der Waals surface area contributed by atoms with Gasteiger partial charge in [0.1, 0.15) is 23.4 Å². The fraction of sp³-hybridized carbons (Fsp3) is 1.00. The van der Waals surface area contributed by atoms with Crippen LogP contribution in [0.3, 0.4) is 0 Å². The first kappa shape index (κ1) is 15.5. The number of aliphatic hydroxyl groups excluding tert-OH is 4. The van der Waals surface area contributed by atoms with Crippen LogP contribution >= 0.6 is 0 Å². The summed E-state index contributed by atoms with van der Waals surface area (Å²) in [5, 5.41) is 36.5. The third-order valence-electron chi connectivity index (χ3n) is 2.60. The minimum atomic E-state index is -0.795. The van der Waals surface area contributed by atoms with Crippen molar-refractivity contribution in [3.05, 3.63) is 0 Å². The second-order valence-electron chi connectivity index (χ2n) is 3.71. The molecule has 92 valence electrons. The number of hydrogen-bond acceptors (Lipinski definition) is 4. The predicted molar refractivity (Wildman–Crippen MR) is 56.3 cm³/mol. The van der Waals surface area contributed by atoms with Gasteiger partial charge in [0.05, 0.1) is 18.6 Å². The molecule has 4 atom stereocenters. The lowest BCUT2D eigenvalue weighted by atomic mass is 10.0. The van der Waals surface area contributed by atoms with E-state index in [1.54, 1.807) is 0 Å². The molecule has 1 aliphatic rings. The number of rotatable bonds is 5. The van der Waals surface area contributed by atoms with Gasteiger partial charge >= 0.3 is 0 Å². The van der Waals surface area contributed by atoms with E-state index in [2.05, 4.69) is 0 Å². The van der Waals surface area contributed by atoms with Crippen LogP contribution in [0, 0.1) is 5.92 Å². The van der Waals surface area contributed by atoms with Crippen LogP contribution in [0.4, 0.5) is 0 Å². The Labute approximate surface area is 99.1 Å². The fourth-order valence-electron chi connectivity index (χ4n) is 1.75. The fourth-order valence-corrected chi connectivity index (χ4v) is 4.48. The molecule has 1 saturated heterocycles. The van der Waals surface area contributed by atoms with Gasteiger partial charge in [-0.25, -0.2) is 0 Å². The summed E-state index contributed by atoms with van der Waals surface area (Å²) in [4.78, 5) is 0. The minimum absolute atomic E-state index is 0. The number of aliphatic hydroxyl groups is 4. The quantitative estimate of drug-likeness (QED) is 0.374. The zero-order valence-corrected chi connectivity index (χ0v) is 10.1. The highest BCUT2D eigenvalue weighted by atomic mass is 35.5. The molecule has 0 aromatic carbocycles. The lowest BCUT2D eigenvalue weighted by molar-refractivity contribution is -0.0000324. The number of hydrogen-bond donors (Lipinski definition) is 4. The third-order valence-corrected chi connectivity index (χ3v) is 5.14. The van der Waals surface area contributed by atoms with E-state index in [9.17, 15) is 10.2 Å². The molecule has 0 radical (unpaired) electrons. The van der Waals surface area contributed by atoms with Crippen LogP contribution in [0.2, 0.25) is 0 Å². The smallest absolute Gasteiger partial charge is 0.134 e. The largest absolute Gasteiger partial charge is 1.00 e. The Hall–Kier alpha value is 0.480. The molecule has 15 heavy (non-hydrogen) atoms. The normalized spacial score (nSPS) is 32.4. The van der Waals surface area contributed by atoms with E-state index in [0.717, 1.165) is 17.9 Å². The van der Waals surface area contributed by atoms with Gasteiger partial charge in [0, 0.05) is 13.0 Å². The maximum Gasteiger partial charge on any atom is 0.134 e. The summed E-state index contributed by atoms with van der Waals surface area (Å²) in [5.74, 6) is 2.23. The van der Waals surface area contributed by atoms with Gasteiger partial charge in [0.25, 0.3) is 0 Å². The summed E-state index contributed by atoms with van der Waals surface area (Å²) in [7, 11) is 0.109. The first-order valence-corrected chi connectivity index (χ1v) is 6.64. The number of halogens is 1. The Kier molecular flexibility index (Phi) is 7.95. The maximum absolute atomic E-state index is 9.63. The van der Waals surface area contributed by atoms with Crippen molar-refractivity contribution in [2.45, 2.75) is 18.6 Å². The van der Waals surface area contributed by atoms with E-state index in [1.807, 2.05) is 0 Å². The van der Waals surface area contributed by atoms with E-state index in [-0.39, 0.29) is 42.4 Å². The van der Waals surface area contributed by atoms with Gasteiger partial charge in [-0.3, -0.25) is 0 Å². The molecule has 0 aromatic rings. The van der Waals surface area contributed by atoms with E-state index in [0.29, 0.717) is 5.75 Å². The van der Waals surface area contributed by atoms with Gasteiger partial charge in [-0.2, -0.15) is 0 Å². The molecular weight excluding hydrogens is 240 g/mol. The second kappa shape index (κ2) is 7.70. The highest BCUT2D eigenvalue weighted by Gasteiger charge is 2.43. The SMILES string of the molecule is OCCC[S+]1C[C@H]([C@H](O)CO)[C@H](O)C1.[Cl-]. The van der Waals surface area contributed by atoms with Crippen LogP contribution < -0.4 is 12.4 Å². The molecular formula is C9H19ClO4S. The van der Waals surface area contributed by atoms with E-state index in [1.165, 1.54) is 0 Å². The summed E-state index contributed by atoms with van der Waals surface area (Å²) in [6, 6.07) is 0. The predicted octanol–water partition coefficient (Wildman–Crippen LogP) is -4.66. The zero-order valence-electron chi connectivity index (χ0n) is 8.55. The third kappa shape index (κ3) is 4.46. The van der Waals surface area contributed by atoms with Crippen LogP contribution in [0.1, 0.15) is 6.42 Å². The molecule has 1 fully saturated rings. The molecule has 0 saturated carbocycles. The van der Waals surface area contributed by atoms with Gasteiger partial charge in [0.2, 0.25) is 0 Å². The molecule has 0 bridgehead atoms. The molecule has 4 nitrogen and oxygen atoms in total. The molecule has 0 spiro atoms. The lowest BCUT2D eigenvalue weighted by Crippen LogP contribution is -3.00. The molecule has 0 amide bonds. The average molecular weight is 259 g/mol. The van der Waals surface area contributed by atoms with Crippen molar-refractivity contribution in [2.75, 3.05) is 30.5 Å². The van der Waals surface area contributed by atoms with Crippen molar-refractivity contribution in [1.82, 2.24) is 0 Å². The summed E-state index contributed by atoms with van der Waals surface area (Å²) in [6.07, 6.45) is -0.520. The van der Waals surface area contributed by atoms with E-state index in [4.69, 9.17) is 10.2 Å². The van der Waals surface area contributed by atoms with Crippen molar-refractivity contribution >= 4 is 10.9 Å². The second-order valence-corrected chi connectivity index (χ2v) is 6.01. The summed E-state index contributed by atoms with van der Waals surface area (Å²) in [6.45, 7) is -0.0915. The van der Waals surface area contributed by atoms with Gasteiger partial charge in [-0.1, -0.05) is 0 Å². The molecule has 1 aliphatic heterocycles. The minimum Gasteiger partial charge on any atom is -1.00 e. The van der Waals surface area contributed by atoms with E-state index < -0.39 is 12.2 Å². The van der Waals surface area contributed by atoms with Crippen molar-refractivity contribution in [3.8, 4) is 0 Å². The molecule has 4 N–H and O–H groups in total. The Morgan fingerprint density at radius 3 is 2.47 bits per heavy atom. The summed E-state index contributed by atoms with van der Waals surface area (Å²) < 4.78 is 0. The Bertz CT molecular complexity index is 172. The van der Waals surface area contributed by atoms with Crippen LogP contribution in [-0.4, -0.2) is 63.1 Å². The monoisotopic (exact) mass is 258 g/mol. The standard InChI is InChI=1S/C9H19O4S.ClH/c10-2-1-3-14-5-7(8(12)4-11)9(13)6-14;/h7-13H,1-6H2;1H/q+1;/p-1/t7-,8-,9-,14?;/m1./s1. The Morgan fingerprint density at radius 1 is 1.27 bits per heavy atom. The van der Waals surface area contributed by atoms with Crippen LogP contribution in [0.5, 0.6) is 0 Å². The molecule has 6 heteroatoms. The van der Waals surface area contributed by atoms with Crippen LogP contribution in [0.15, 0.2) is 0 Å². The molecule has 1 unspecified atom stereocenters. The van der Waals surface area contributed by atoms with Crippen molar-refractivity contribution in [3.63, 3.8) is 0 Å². The molecule has 0 aliphatic carbocycles. The highest BCUT2D eigenvalue weighted by Crippen LogP contribution is 2.24. The molecule has 1 heterocycles. The summed E-state index contributed by atoms with van der Waals surface area (Å²) >= 11 is 0. The Morgan fingerprint density at radius 2 is 1.93 bits per heavy atom. The highest BCUT2D eigenvalue weighted by molar-refractivity contribution is 7.97. The van der Waals surface area contributed by atoms with E-state index >= 15 is 0 Å². The first-order chi connectivity index (χ1) is 6.69. The molecule has 0 aromatic heterocycles. The van der Waals surface area contributed by atoms with Crippen molar-refractivity contribution in [2.24, 2.45) is 5.92 Å². The van der Waals surface area contributed by atoms with Crippen molar-refractivity contribution in [1.29, 1.82) is 0 Å². The molecule has 1 rings (SSSR count). The van der Waals surface area contributed by atoms with Gasteiger partial charge in [-0.15, -0.1) is 0 Å². The Balaban J connectivity index is 0.00000196. The van der Waals surface area contributed by atoms with Crippen LogP contribution in [-0.2, 0) is 10.9 Å². The zero-order chi connectivity index (χ0) is 10.6. The van der Waals surface area contributed by atoms with Gasteiger partial charge in [0.15, 0.2) is 0 Å². The van der Waals surface area contributed by atoms with Crippen LogP contribution in [0.25, 0.3) is 0 Å². The lowest BCUT2D eigenvalue weighted by Gasteiger charge is -2.14. The maximum atomic E-state index is 9.63.